The van der Waals surface area contributed by atoms with Crippen molar-refractivity contribution in [2.45, 2.75) is 12.4 Å². The molecule has 2 atom stereocenters. The molecule has 1 aliphatic rings. The minimum absolute atomic E-state index is 0.0188. The van der Waals surface area contributed by atoms with E-state index in [0.29, 0.717) is 12.5 Å². The van der Waals surface area contributed by atoms with Crippen LogP contribution in [0.25, 0.3) is 0 Å². The van der Waals surface area contributed by atoms with Crippen LogP contribution in [0.1, 0.15) is 11.9 Å². The third kappa shape index (κ3) is 2.28. The zero-order valence-corrected chi connectivity index (χ0v) is 9.79. The van der Waals surface area contributed by atoms with Crippen LogP contribution in [0.2, 0.25) is 0 Å². The highest BCUT2D eigenvalue weighted by molar-refractivity contribution is 9.10. The summed E-state index contributed by atoms with van der Waals surface area (Å²) >= 11 is 9.05. The van der Waals surface area contributed by atoms with E-state index in [1.807, 2.05) is 24.3 Å². The van der Waals surface area contributed by atoms with Crippen molar-refractivity contribution in [2.75, 3.05) is 12.5 Å². The topological polar surface area (TPSA) is 18.5 Å². The van der Waals surface area contributed by atoms with Crippen molar-refractivity contribution in [3.63, 3.8) is 0 Å². The Morgan fingerprint density at radius 3 is 2.64 bits per heavy atom. The molecule has 0 unspecified atom stereocenters. The van der Waals surface area contributed by atoms with Gasteiger partial charge < -0.3 is 9.47 Å². The molecule has 0 bridgehead atoms. The molecule has 1 aliphatic heterocycles. The van der Waals surface area contributed by atoms with Gasteiger partial charge in [0, 0.05) is 10.0 Å². The van der Waals surface area contributed by atoms with Crippen LogP contribution in [0.15, 0.2) is 28.7 Å². The van der Waals surface area contributed by atoms with Gasteiger partial charge in [0.15, 0.2) is 6.29 Å². The van der Waals surface area contributed by atoms with Crippen molar-refractivity contribution in [1.29, 1.82) is 0 Å². The molecule has 1 heterocycles. The molecule has 76 valence electrons. The summed E-state index contributed by atoms with van der Waals surface area (Å²) in [4.78, 5) is 0. The molecule has 0 N–H and O–H groups in total. The van der Waals surface area contributed by atoms with Crippen molar-refractivity contribution < 1.29 is 9.47 Å². The number of alkyl halides is 1. The summed E-state index contributed by atoms with van der Waals surface area (Å²) < 4.78 is 12.1. The third-order valence-electron chi connectivity index (χ3n) is 2.06. The molecule has 14 heavy (non-hydrogen) atoms. The number of benzene rings is 1. The third-order valence-corrected chi connectivity index (χ3v) is 2.94. The fourth-order valence-corrected chi connectivity index (χ4v) is 1.75. The second kappa shape index (κ2) is 4.62. The lowest BCUT2D eigenvalue weighted by Crippen LogP contribution is -2.10. The van der Waals surface area contributed by atoms with Crippen molar-refractivity contribution in [2.24, 2.45) is 0 Å². The molecule has 1 saturated heterocycles. The van der Waals surface area contributed by atoms with Crippen molar-refractivity contribution >= 4 is 27.5 Å². The van der Waals surface area contributed by atoms with E-state index in [0.717, 1.165) is 10.0 Å². The van der Waals surface area contributed by atoms with Crippen molar-refractivity contribution in [3.05, 3.63) is 34.3 Å². The van der Waals surface area contributed by atoms with E-state index in [2.05, 4.69) is 15.9 Å². The smallest absolute Gasteiger partial charge is 0.184 e. The number of rotatable bonds is 2. The Hall–Kier alpha value is -0.0900. The van der Waals surface area contributed by atoms with Crippen LogP contribution in [0.5, 0.6) is 0 Å². The van der Waals surface area contributed by atoms with Gasteiger partial charge in [0.2, 0.25) is 0 Å². The maximum Gasteiger partial charge on any atom is 0.184 e. The fraction of sp³-hybridized carbons (Fsp3) is 0.400. The van der Waals surface area contributed by atoms with E-state index in [1.54, 1.807) is 0 Å². The second-order valence-corrected chi connectivity index (χ2v) is 4.35. The summed E-state index contributed by atoms with van der Waals surface area (Å²) in [5.41, 5.74) is 1.03. The Labute approximate surface area is 96.3 Å². The lowest BCUT2D eigenvalue weighted by molar-refractivity contribution is -0.0567. The maximum atomic E-state index is 5.67. The van der Waals surface area contributed by atoms with E-state index in [1.165, 1.54) is 0 Å². The van der Waals surface area contributed by atoms with Gasteiger partial charge in [0.1, 0.15) is 0 Å². The van der Waals surface area contributed by atoms with Gasteiger partial charge in [0.05, 0.1) is 18.6 Å². The van der Waals surface area contributed by atoms with Crippen molar-refractivity contribution in [1.82, 2.24) is 0 Å². The van der Waals surface area contributed by atoms with Gasteiger partial charge >= 0.3 is 0 Å². The first-order valence-corrected chi connectivity index (χ1v) is 5.71. The van der Waals surface area contributed by atoms with Gasteiger partial charge in [-0.15, -0.1) is 11.6 Å². The normalized spacial score (nSPS) is 26.7. The summed E-state index contributed by atoms with van der Waals surface area (Å²) in [6.07, 6.45) is -0.239. The number of halogens is 2. The van der Waals surface area contributed by atoms with Crippen LogP contribution in [0, 0.1) is 0 Å². The molecule has 4 heteroatoms. The van der Waals surface area contributed by atoms with Crippen LogP contribution in [-0.4, -0.2) is 18.6 Å². The summed E-state index contributed by atoms with van der Waals surface area (Å²) in [5, 5.41) is 0. The Kier molecular flexibility index (Phi) is 3.44. The van der Waals surface area contributed by atoms with Gasteiger partial charge in [-0.2, -0.15) is 0 Å². The van der Waals surface area contributed by atoms with Gasteiger partial charge in [-0.3, -0.25) is 0 Å². The highest BCUT2D eigenvalue weighted by atomic mass is 79.9. The van der Waals surface area contributed by atoms with E-state index < -0.39 is 0 Å². The predicted octanol–water partition coefficient (Wildman–Crippen LogP) is 3.10. The van der Waals surface area contributed by atoms with Gasteiger partial charge in [-0.1, -0.05) is 28.1 Å². The molecule has 0 spiro atoms. The van der Waals surface area contributed by atoms with Gasteiger partial charge in [0.25, 0.3) is 0 Å². The van der Waals surface area contributed by atoms with E-state index in [-0.39, 0.29) is 12.4 Å². The predicted molar refractivity (Wildman–Crippen MR) is 58.4 cm³/mol. The Bertz CT molecular complexity index is 301. The Morgan fingerprint density at radius 2 is 2.07 bits per heavy atom. The summed E-state index contributed by atoms with van der Waals surface area (Å²) in [6.45, 7) is 0.574. The van der Waals surface area contributed by atoms with Crippen LogP contribution in [0.3, 0.4) is 0 Å². The second-order valence-electron chi connectivity index (χ2n) is 3.13. The molecule has 0 saturated carbocycles. The average molecular weight is 278 g/mol. The number of hydrogen-bond acceptors (Lipinski definition) is 2. The minimum atomic E-state index is -0.258. The van der Waals surface area contributed by atoms with E-state index in [9.17, 15) is 0 Å². The SMILES string of the molecule is ClC[C@H]1CO[C@H](c2ccc(Br)cc2)O1. The molecular weight excluding hydrogens is 267 g/mol. The highest BCUT2D eigenvalue weighted by Crippen LogP contribution is 2.28. The molecule has 1 aromatic carbocycles. The van der Waals surface area contributed by atoms with Crippen molar-refractivity contribution in [3.8, 4) is 0 Å². The largest absolute Gasteiger partial charge is 0.346 e. The lowest BCUT2D eigenvalue weighted by atomic mass is 10.2. The summed E-state index contributed by atoms with van der Waals surface area (Å²) in [7, 11) is 0. The molecular formula is C10H10BrClO2. The van der Waals surface area contributed by atoms with Crippen LogP contribution in [0.4, 0.5) is 0 Å². The standard InChI is InChI=1S/C10H10BrClO2/c11-8-3-1-7(2-4-8)10-13-6-9(5-12)14-10/h1-4,9-10H,5-6H2/t9-,10-/m0/s1. The first kappa shape index (κ1) is 10.4. The molecule has 1 fully saturated rings. The molecule has 2 rings (SSSR count). The lowest BCUT2D eigenvalue weighted by Gasteiger charge is -2.10. The zero-order valence-electron chi connectivity index (χ0n) is 7.45. The van der Waals surface area contributed by atoms with E-state index >= 15 is 0 Å². The fourth-order valence-electron chi connectivity index (χ4n) is 1.32. The average Bonchev–Trinajstić information content (AvgIpc) is 2.67. The monoisotopic (exact) mass is 276 g/mol. The molecule has 0 amide bonds. The Morgan fingerprint density at radius 1 is 1.36 bits per heavy atom. The number of hydrogen-bond donors (Lipinski definition) is 0. The molecule has 1 aromatic rings. The molecule has 0 radical (unpaired) electrons. The van der Waals surface area contributed by atoms with E-state index in [4.69, 9.17) is 21.1 Å². The van der Waals surface area contributed by atoms with Gasteiger partial charge in [-0.05, 0) is 12.1 Å². The maximum absolute atomic E-state index is 5.67. The first-order valence-electron chi connectivity index (χ1n) is 4.38. The minimum Gasteiger partial charge on any atom is -0.346 e. The van der Waals surface area contributed by atoms with Crippen LogP contribution >= 0.6 is 27.5 Å². The van der Waals surface area contributed by atoms with Crippen LogP contribution < -0.4 is 0 Å². The summed E-state index contributed by atoms with van der Waals surface area (Å²) in [6, 6.07) is 7.89. The molecule has 0 aliphatic carbocycles. The van der Waals surface area contributed by atoms with Crippen LogP contribution in [-0.2, 0) is 9.47 Å². The molecule has 0 aromatic heterocycles. The number of ether oxygens (including phenoxy) is 2. The zero-order chi connectivity index (χ0) is 9.97. The summed E-state index contributed by atoms with van der Waals surface area (Å²) in [5.74, 6) is 0.479. The highest BCUT2D eigenvalue weighted by Gasteiger charge is 2.26. The quantitative estimate of drug-likeness (QED) is 0.773. The Balaban J connectivity index is 2.06. The van der Waals surface area contributed by atoms with Gasteiger partial charge in [-0.25, -0.2) is 0 Å². The first-order chi connectivity index (χ1) is 6.79. The molecule has 2 nitrogen and oxygen atoms in total.